The first kappa shape index (κ1) is 10.3. The van der Waals surface area contributed by atoms with Gasteiger partial charge in [0.1, 0.15) is 0 Å². The SMILES string of the molecule is CN(Cc1ccc2c(c1)CNCC2)C1CC1. The smallest absolute Gasteiger partial charge is 0.0233 e. The fourth-order valence-corrected chi connectivity index (χ4v) is 2.56. The Morgan fingerprint density at radius 1 is 1.31 bits per heavy atom. The van der Waals surface area contributed by atoms with Crippen molar-refractivity contribution in [2.24, 2.45) is 0 Å². The van der Waals surface area contributed by atoms with Gasteiger partial charge in [-0.25, -0.2) is 0 Å². The molecular formula is C14H20N2. The van der Waals surface area contributed by atoms with E-state index in [-0.39, 0.29) is 0 Å². The summed E-state index contributed by atoms with van der Waals surface area (Å²) in [5.41, 5.74) is 4.52. The highest BCUT2D eigenvalue weighted by Gasteiger charge is 2.25. The molecule has 2 aliphatic rings. The summed E-state index contributed by atoms with van der Waals surface area (Å²) in [4.78, 5) is 2.48. The van der Waals surface area contributed by atoms with Crippen LogP contribution in [0.2, 0.25) is 0 Å². The van der Waals surface area contributed by atoms with Crippen LogP contribution in [-0.4, -0.2) is 24.5 Å². The predicted octanol–water partition coefficient (Wildman–Crippen LogP) is 1.93. The second-order valence-electron chi connectivity index (χ2n) is 5.18. The average Bonchev–Trinajstić information content (AvgIpc) is 3.12. The van der Waals surface area contributed by atoms with Crippen LogP contribution in [0.4, 0.5) is 0 Å². The zero-order valence-corrected chi connectivity index (χ0v) is 10.00. The van der Waals surface area contributed by atoms with E-state index in [0.717, 1.165) is 25.7 Å². The van der Waals surface area contributed by atoms with Gasteiger partial charge >= 0.3 is 0 Å². The first-order valence-corrected chi connectivity index (χ1v) is 6.34. The van der Waals surface area contributed by atoms with E-state index in [9.17, 15) is 0 Å². The van der Waals surface area contributed by atoms with Gasteiger partial charge in [0.2, 0.25) is 0 Å². The molecule has 0 saturated heterocycles. The van der Waals surface area contributed by atoms with Crippen LogP contribution in [-0.2, 0) is 19.5 Å². The van der Waals surface area contributed by atoms with Gasteiger partial charge in [-0.05, 0) is 49.5 Å². The van der Waals surface area contributed by atoms with Crippen molar-refractivity contribution in [2.75, 3.05) is 13.6 Å². The topological polar surface area (TPSA) is 15.3 Å². The van der Waals surface area contributed by atoms with E-state index in [0.29, 0.717) is 0 Å². The molecule has 0 radical (unpaired) electrons. The molecule has 0 aromatic heterocycles. The lowest BCUT2D eigenvalue weighted by atomic mass is 9.98. The average molecular weight is 216 g/mol. The third-order valence-electron chi connectivity index (χ3n) is 3.76. The quantitative estimate of drug-likeness (QED) is 0.830. The largest absolute Gasteiger partial charge is 0.312 e. The van der Waals surface area contributed by atoms with Gasteiger partial charge in [0.25, 0.3) is 0 Å². The van der Waals surface area contributed by atoms with Gasteiger partial charge in [-0.3, -0.25) is 4.90 Å². The maximum absolute atomic E-state index is 3.44. The van der Waals surface area contributed by atoms with Crippen molar-refractivity contribution < 1.29 is 0 Å². The normalized spacial score (nSPS) is 19.9. The zero-order valence-electron chi connectivity index (χ0n) is 10.00. The summed E-state index contributed by atoms with van der Waals surface area (Å²) in [7, 11) is 2.25. The molecule has 1 aromatic carbocycles. The fourth-order valence-electron chi connectivity index (χ4n) is 2.56. The summed E-state index contributed by atoms with van der Waals surface area (Å²) in [6.07, 6.45) is 3.97. The van der Waals surface area contributed by atoms with Crippen LogP contribution < -0.4 is 5.32 Å². The molecule has 0 amide bonds. The summed E-state index contributed by atoms with van der Waals surface area (Å²) < 4.78 is 0. The first-order valence-electron chi connectivity index (χ1n) is 6.34. The minimum absolute atomic E-state index is 0.856. The lowest BCUT2D eigenvalue weighted by Crippen LogP contribution is -2.24. The van der Waals surface area contributed by atoms with Crippen LogP contribution in [0.15, 0.2) is 18.2 Å². The molecule has 86 valence electrons. The van der Waals surface area contributed by atoms with Crippen molar-refractivity contribution in [1.29, 1.82) is 0 Å². The van der Waals surface area contributed by atoms with Crippen molar-refractivity contribution in [3.05, 3.63) is 34.9 Å². The summed E-state index contributed by atoms with van der Waals surface area (Å²) in [6, 6.07) is 7.88. The molecule has 1 N–H and O–H groups in total. The molecule has 1 heterocycles. The van der Waals surface area contributed by atoms with Crippen LogP contribution in [0.1, 0.15) is 29.5 Å². The Bertz CT molecular complexity index is 382. The minimum atomic E-state index is 0.856. The molecule has 2 nitrogen and oxygen atoms in total. The number of nitrogens with one attached hydrogen (secondary N) is 1. The Kier molecular flexibility index (Phi) is 2.70. The highest BCUT2D eigenvalue weighted by atomic mass is 15.1. The maximum Gasteiger partial charge on any atom is 0.0233 e. The van der Waals surface area contributed by atoms with Gasteiger partial charge in [-0.1, -0.05) is 18.2 Å². The highest BCUT2D eigenvalue weighted by Crippen LogP contribution is 2.27. The first-order chi connectivity index (χ1) is 7.83. The number of hydrogen-bond acceptors (Lipinski definition) is 2. The summed E-state index contributed by atoms with van der Waals surface area (Å²) >= 11 is 0. The Morgan fingerprint density at radius 2 is 2.19 bits per heavy atom. The molecule has 3 rings (SSSR count). The van der Waals surface area contributed by atoms with E-state index in [1.807, 2.05) is 0 Å². The van der Waals surface area contributed by atoms with Crippen molar-refractivity contribution >= 4 is 0 Å². The highest BCUT2D eigenvalue weighted by molar-refractivity contribution is 5.33. The molecule has 1 aliphatic carbocycles. The fraction of sp³-hybridized carbons (Fsp3) is 0.571. The molecule has 0 atom stereocenters. The molecule has 16 heavy (non-hydrogen) atoms. The van der Waals surface area contributed by atoms with E-state index >= 15 is 0 Å². The van der Waals surface area contributed by atoms with Crippen molar-refractivity contribution in [3.63, 3.8) is 0 Å². The van der Waals surface area contributed by atoms with Crippen molar-refractivity contribution in [2.45, 2.75) is 38.4 Å². The number of fused-ring (bicyclic) bond motifs is 1. The summed E-state index contributed by atoms with van der Waals surface area (Å²) in [5, 5.41) is 3.44. The number of rotatable bonds is 3. The molecule has 1 aliphatic heterocycles. The predicted molar refractivity (Wildman–Crippen MR) is 66.3 cm³/mol. The summed E-state index contributed by atoms with van der Waals surface area (Å²) in [5.74, 6) is 0. The Hall–Kier alpha value is -0.860. The molecule has 0 unspecified atom stereocenters. The maximum atomic E-state index is 3.44. The van der Waals surface area contributed by atoms with Crippen LogP contribution in [0.3, 0.4) is 0 Å². The van der Waals surface area contributed by atoms with E-state index < -0.39 is 0 Å². The third kappa shape index (κ3) is 2.13. The number of hydrogen-bond donors (Lipinski definition) is 1. The van der Waals surface area contributed by atoms with Crippen molar-refractivity contribution in [3.8, 4) is 0 Å². The van der Waals surface area contributed by atoms with E-state index in [1.165, 1.54) is 36.0 Å². The molecule has 0 spiro atoms. The van der Waals surface area contributed by atoms with E-state index in [4.69, 9.17) is 0 Å². The molecule has 1 aromatic rings. The molecular weight excluding hydrogens is 196 g/mol. The van der Waals surface area contributed by atoms with Crippen molar-refractivity contribution in [1.82, 2.24) is 10.2 Å². The van der Waals surface area contributed by atoms with Gasteiger partial charge < -0.3 is 5.32 Å². The number of nitrogens with zero attached hydrogens (tertiary/aromatic N) is 1. The lowest BCUT2D eigenvalue weighted by Gasteiger charge is -2.20. The van der Waals surface area contributed by atoms with Crippen LogP contribution in [0.25, 0.3) is 0 Å². The minimum Gasteiger partial charge on any atom is -0.312 e. The Labute approximate surface area is 97.6 Å². The second-order valence-corrected chi connectivity index (χ2v) is 5.18. The molecule has 2 heteroatoms. The standard InChI is InChI=1S/C14H20N2/c1-16(14-4-5-14)10-11-2-3-12-6-7-15-9-13(12)8-11/h2-3,8,14-15H,4-7,9-10H2,1H3. The monoisotopic (exact) mass is 216 g/mol. The molecule has 0 bridgehead atoms. The van der Waals surface area contributed by atoms with Crippen LogP contribution in [0.5, 0.6) is 0 Å². The van der Waals surface area contributed by atoms with Gasteiger partial charge in [0, 0.05) is 19.1 Å². The van der Waals surface area contributed by atoms with Gasteiger partial charge in [-0.15, -0.1) is 0 Å². The third-order valence-corrected chi connectivity index (χ3v) is 3.76. The van der Waals surface area contributed by atoms with Crippen LogP contribution in [0, 0.1) is 0 Å². The molecule has 1 fully saturated rings. The van der Waals surface area contributed by atoms with Gasteiger partial charge in [0.05, 0.1) is 0 Å². The van der Waals surface area contributed by atoms with E-state index in [1.54, 1.807) is 0 Å². The van der Waals surface area contributed by atoms with E-state index in [2.05, 4.69) is 35.5 Å². The lowest BCUT2D eigenvalue weighted by molar-refractivity contribution is 0.316. The second kappa shape index (κ2) is 4.19. The van der Waals surface area contributed by atoms with Gasteiger partial charge in [0.15, 0.2) is 0 Å². The molecule has 1 saturated carbocycles. The van der Waals surface area contributed by atoms with Crippen LogP contribution >= 0.6 is 0 Å². The Morgan fingerprint density at radius 3 is 3.00 bits per heavy atom. The zero-order chi connectivity index (χ0) is 11.0. The Balaban J connectivity index is 1.74. The number of benzene rings is 1. The summed E-state index contributed by atoms with van der Waals surface area (Å²) in [6.45, 7) is 3.29. The van der Waals surface area contributed by atoms with Gasteiger partial charge in [-0.2, -0.15) is 0 Å².